The molecular formula is C15H15N5O2. The Morgan fingerprint density at radius 3 is 2.82 bits per heavy atom. The van der Waals surface area contributed by atoms with Crippen LogP contribution in [0.25, 0.3) is 10.9 Å². The summed E-state index contributed by atoms with van der Waals surface area (Å²) in [6.45, 7) is -0.236. The van der Waals surface area contributed by atoms with Gasteiger partial charge in [0, 0.05) is 0 Å². The standard InChI is InChI=1S/C15H15N5O2/c16-10-15(7-3-4-8-15)17-13(21)9-20-14(22)11-5-1-2-6-12(11)18-19-20/h1-2,5-6H,3-4,7-9H2,(H,17,21). The van der Waals surface area contributed by atoms with Gasteiger partial charge in [0.25, 0.3) is 5.56 Å². The molecule has 0 unspecified atom stereocenters. The van der Waals surface area contributed by atoms with Crippen molar-refractivity contribution < 1.29 is 4.79 Å². The summed E-state index contributed by atoms with van der Waals surface area (Å²) in [5.41, 5.74) is -0.669. The summed E-state index contributed by atoms with van der Waals surface area (Å²) in [5, 5.41) is 20.1. The van der Waals surface area contributed by atoms with Crippen molar-refractivity contribution in [2.75, 3.05) is 0 Å². The molecule has 7 nitrogen and oxygen atoms in total. The summed E-state index contributed by atoms with van der Waals surface area (Å²) in [4.78, 5) is 24.4. The van der Waals surface area contributed by atoms with Crippen LogP contribution < -0.4 is 10.9 Å². The molecule has 1 saturated carbocycles. The van der Waals surface area contributed by atoms with Crippen LogP contribution in [0.2, 0.25) is 0 Å². The van der Waals surface area contributed by atoms with Gasteiger partial charge in [0.15, 0.2) is 0 Å². The molecule has 0 saturated heterocycles. The van der Waals surface area contributed by atoms with Crippen LogP contribution in [0.4, 0.5) is 0 Å². The molecule has 0 aliphatic heterocycles. The lowest BCUT2D eigenvalue weighted by Gasteiger charge is -2.21. The summed E-state index contributed by atoms with van der Waals surface area (Å²) in [5.74, 6) is -0.393. The number of nitriles is 1. The van der Waals surface area contributed by atoms with Gasteiger partial charge < -0.3 is 5.32 Å². The van der Waals surface area contributed by atoms with Crippen LogP contribution >= 0.6 is 0 Å². The number of amides is 1. The van der Waals surface area contributed by atoms with E-state index in [1.807, 2.05) is 0 Å². The SMILES string of the molecule is N#CC1(NC(=O)Cn2nnc3ccccc3c2=O)CCCC1. The number of nitrogens with zero attached hydrogens (tertiary/aromatic N) is 4. The third-order valence-corrected chi connectivity index (χ3v) is 3.97. The van der Waals surface area contributed by atoms with Gasteiger partial charge in [0.05, 0.1) is 11.5 Å². The van der Waals surface area contributed by atoms with E-state index in [-0.39, 0.29) is 12.1 Å². The number of carbonyl (C=O) groups is 1. The lowest BCUT2D eigenvalue weighted by atomic mass is 10.00. The van der Waals surface area contributed by atoms with Crippen LogP contribution in [0.15, 0.2) is 29.1 Å². The first-order valence-electron chi connectivity index (χ1n) is 7.18. The maximum Gasteiger partial charge on any atom is 0.278 e. The van der Waals surface area contributed by atoms with Gasteiger partial charge in [-0.1, -0.05) is 17.3 Å². The van der Waals surface area contributed by atoms with Crippen molar-refractivity contribution in [2.24, 2.45) is 0 Å². The summed E-state index contributed by atoms with van der Waals surface area (Å²) in [7, 11) is 0. The van der Waals surface area contributed by atoms with Gasteiger partial charge in [-0.2, -0.15) is 5.26 Å². The Hall–Kier alpha value is -2.75. The van der Waals surface area contributed by atoms with Crippen molar-refractivity contribution in [3.05, 3.63) is 34.6 Å². The Morgan fingerprint density at radius 1 is 1.36 bits per heavy atom. The first kappa shape index (κ1) is 14.2. The minimum absolute atomic E-state index is 0.236. The number of hydrogen-bond acceptors (Lipinski definition) is 5. The molecule has 7 heteroatoms. The molecule has 3 rings (SSSR count). The van der Waals surface area contributed by atoms with Gasteiger partial charge in [-0.3, -0.25) is 9.59 Å². The molecule has 0 bridgehead atoms. The predicted molar refractivity (Wildman–Crippen MR) is 78.8 cm³/mol. The lowest BCUT2D eigenvalue weighted by Crippen LogP contribution is -2.47. The molecule has 1 aliphatic carbocycles. The Balaban J connectivity index is 1.81. The van der Waals surface area contributed by atoms with E-state index in [1.54, 1.807) is 24.3 Å². The summed E-state index contributed by atoms with van der Waals surface area (Å²) >= 11 is 0. The summed E-state index contributed by atoms with van der Waals surface area (Å²) < 4.78 is 1.03. The van der Waals surface area contributed by atoms with E-state index < -0.39 is 11.4 Å². The van der Waals surface area contributed by atoms with E-state index >= 15 is 0 Å². The highest BCUT2D eigenvalue weighted by Gasteiger charge is 2.35. The molecule has 1 aliphatic rings. The number of fused-ring (bicyclic) bond motifs is 1. The smallest absolute Gasteiger partial charge is 0.278 e. The fourth-order valence-electron chi connectivity index (χ4n) is 2.81. The number of hydrogen-bond donors (Lipinski definition) is 1. The van der Waals surface area contributed by atoms with Crippen LogP contribution in [0.5, 0.6) is 0 Å². The minimum atomic E-state index is -0.801. The van der Waals surface area contributed by atoms with Crippen molar-refractivity contribution in [3.8, 4) is 6.07 Å². The number of aromatic nitrogens is 3. The van der Waals surface area contributed by atoms with Gasteiger partial charge >= 0.3 is 0 Å². The quantitative estimate of drug-likeness (QED) is 0.900. The Bertz CT molecular complexity index is 815. The topological polar surface area (TPSA) is 101 Å². The minimum Gasteiger partial charge on any atom is -0.336 e. The number of carbonyl (C=O) groups excluding carboxylic acids is 1. The third kappa shape index (κ3) is 2.55. The molecule has 0 spiro atoms. The van der Waals surface area contributed by atoms with Gasteiger partial charge in [-0.25, -0.2) is 4.68 Å². The molecule has 1 heterocycles. The maximum atomic E-state index is 12.3. The number of benzene rings is 1. The van der Waals surface area contributed by atoms with Crippen molar-refractivity contribution in [1.82, 2.24) is 20.3 Å². The van der Waals surface area contributed by atoms with Gasteiger partial charge in [-0.05, 0) is 37.8 Å². The Kier molecular flexibility index (Phi) is 3.59. The van der Waals surface area contributed by atoms with E-state index in [9.17, 15) is 14.9 Å². The Morgan fingerprint density at radius 2 is 2.09 bits per heavy atom. The predicted octanol–water partition coefficient (Wildman–Crippen LogP) is 0.744. The van der Waals surface area contributed by atoms with E-state index in [4.69, 9.17) is 0 Å². The van der Waals surface area contributed by atoms with Crippen molar-refractivity contribution in [2.45, 2.75) is 37.8 Å². The maximum absolute atomic E-state index is 12.3. The zero-order valence-electron chi connectivity index (χ0n) is 12.0. The van der Waals surface area contributed by atoms with Crippen molar-refractivity contribution in [3.63, 3.8) is 0 Å². The van der Waals surface area contributed by atoms with Crippen molar-refractivity contribution in [1.29, 1.82) is 5.26 Å². The molecule has 112 valence electrons. The molecule has 0 atom stereocenters. The average molecular weight is 297 g/mol. The van der Waals surface area contributed by atoms with E-state index in [1.165, 1.54) is 0 Å². The second-order valence-corrected chi connectivity index (χ2v) is 5.52. The highest BCUT2D eigenvalue weighted by atomic mass is 16.2. The third-order valence-electron chi connectivity index (χ3n) is 3.97. The molecule has 1 amide bonds. The molecule has 22 heavy (non-hydrogen) atoms. The van der Waals surface area contributed by atoms with Crippen LogP contribution in [-0.2, 0) is 11.3 Å². The molecular weight excluding hydrogens is 282 g/mol. The highest BCUT2D eigenvalue weighted by molar-refractivity contribution is 5.79. The average Bonchev–Trinajstić information content (AvgIpc) is 2.99. The molecule has 1 N–H and O–H groups in total. The van der Waals surface area contributed by atoms with E-state index in [0.717, 1.165) is 17.5 Å². The zero-order chi connectivity index (χ0) is 15.6. The second kappa shape index (κ2) is 5.56. The molecule has 1 aromatic carbocycles. The first-order chi connectivity index (χ1) is 10.6. The normalized spacial score (nSPS) is 16.3. The van der Waals surface area contributed by atoms with Gasteiger partial charge in [-0.15, -0.1) is 5.10 Å². The summed E-state index contributed by atoms with van der Waals surface area (Å²) in [6, 6.07) is 9.03. The molecule has 1 aromatic heterocycles. The number of nitrogens with one attached hydrogen (secondary N) is 1. The van der Waals surface area contributed by atoms with Crippen LogP contribution in [0, 0.1) is 11.3 Å². The first-order valence-corrected chi connectivity index (χ1v) is 7.18. The highest BCUT2D eigenvalue weighted by Crippen LogP contribution is 2.28. The van der Waals surface area contributed by atoms with Gasteiger partial charge in [0.1, 0.15) is 17.6 Å². The fourth-order valence-corrected chi connectivity index (χ4v) is 2.81. The van der Waals surface area contributed by atoms with Crippen molar-refractivity contribution >= 4 is 16.8 Å². The van der Waals surface area contributed by atoms with E-state index in [0.29, 0.717) is 23.7 Å². The molecule has 2 aromatic rings. The second-order valence-electron chi connectivity index (χ2n) is 5.52. The largest absolute Gasteiger partial charge is 0.336 e. The lowest BCUT2D eigenvalue weighted by molar-refractivity contribution is -0.123. The van der Waals surface area contributed by atoms with Crippen LogP contribution in [0.1, 0.15) is 25.7 Å². The summed E-state index contributed by atoms with van der Waals surface area (Å²) in [6.07, 6.45) is 3.13. The fraction of sp³-hybridized carbons (Fsp3) is 0.400. The number of rotatable bonds is 3. The zero-order valence-corrected chi connectivity index (χ0v) is 12.0. The van der Waals surface area contributed by atoms with Gasteiger partial charge in [0.2, 0.25) is 5.91 Å². The molecule has 1 fully saturated rings. The van der Waals surface area contributed by atoms with E-state index in [2.05, 4.69) is 21.7 Å². The monoisotopic (exact) mass is 297 g/mol. The van der Waals surface area contributed by atoms with Crippen LogP contribution in [0.3, 0.4) is 0 Å². The Labute approximate surface area is 126 Å². The molecule has 0 radical (unpaired) electrons. The van der Waals surface area contributed by atoms with Crippen LogP contribution in [-0.4, -0.2) is 26.4 Å².